The van der Waals surface area contributed by atoms with E-state index >= 15 is 0 Å². The molecule has 17 heavy (non-hydrogen) atoms. The molecule has 0 spiro atoms. The number of halogens is 1. The number of hydrogen-bond donors (Lipinski definition) is 0. The van der Waals surface area contributed by atoms with E-state index in [1.165, 1.54) is 9.13 Å². The van der Waals surface area contributed by atoms with Crippen LogP contribution < -0.4 is 9.47 Å². The summed E-state index contributed by atoms with van der Waals surface area (Å²) in [5, 5.41) is 0. The maximum atomic E-state index is 5.67. The van der Waals surface area contributed by atoms with Crippen LogP contribution in [0.3, 0.4) is 0 Å². The van der Waals surface area contributed by atoms with Crippen LogP contribution >= 0.6 is 22.6 Å². The number of ether oxygens (including phenoxy) is 2. The van der Waals surface area contributed by atoms with Gasteiger partial charge in [0.15, 0.2) is 0 Å². The van der Waals surface area contributed by atoms with E-state index in [1.54, 1.807) is 7.11 Å². The molecule has 0 radical (unpaired) electrons. The molecule has 0 aliphatic carbocycles. The standard InChI is InChI=1S/C14H13IO2/c1-16-13-6-8-14(9-7-13)17-10-11-2-4-12(15)5-3-11/h2-9H,10H2,1H3/i15-2. The van der Waals surface area contributed by atoms with Crippen molar-refractivity contribution in [2.75, 3.05) is 7.11 Å². The van der Waals surface area contributed by atoms with Gasteiger partial charge in [0, 0.05) is 3.57 Å². The topological polar surface area (TPSA) is 18.5 Å². The minimum absolute atomic E-state index is 0.587. The molecule has 2 aromatic carbocycles. The highest BCUT2D eigenvalue weighted by molar-refractivity contribution is 14.1. The first-order chi connectivity index (χ1) is 8.28. The molecular formula is C14H13IO2. The number of rotatable bonds is 4. The van der Waals surface area contributed by atoms with E-state index in [9.17, 15) is 0 Å². The lowest BCUT2D eigenvalue weighted by atomic mass is 10.2. The van der Waals surface area contributed by atoms with Crippen LogP contribution in [0.4, 0.5) is 0 Å². The van der Waals surface area contributed by atoms with Crippen LogP contribution in [-0.2, 0) is 6.61 Å². The minimum Gasteiger partial charge on any atom is -0.497 e. The average molecular weight is 338 g/mol. The molecule has 0 aromatic heterocycles. The molecular weight excluding hydrogens is 325 g/mol. The highest BCUT2D eigenvalue weighted by atomic mass is 125. The lowest BCUT2D eigenvalue weighted by Crippen LogP contribution is -1.95. The van der Waals surface area contributed by atoms with E-state index in [0.29, 0.717) is 6.61 Å². The van der Waals surface area contributed by atoms with Crippen molar-refractivity contribution in [3.05, 3.63) is 57.7 Å². The summed E-state index contributed by atoms with van der Waals surface area (Å²) in [5.41, 5.74) is 1.17. The molecule has 0 aliphatic heterocycles. The molecule has 0 atom stereocenters. The van der Waals surface area contributed by atoms with Gasteiger partial charge in [-0.05, 0) is 64.6 Å². The van der Waals surface area contributed by atoms with Crippen LogP contribution in [0, 0.1) is 3.57 Å². The van der Waals surface area contributed by atoms with Crippen LogP contribution in [-0.4, -0.2) is 7.11 Å². The first-order valence-corrected chi connectivity index (χ1v) is 6.37. The van der Waals surface area contributed by atoms with Crippen LogP contribution in [0.25, 0.3) is 0 Å². The third-order valence-electron chi connectivity index (χ3n) is 2.38. The maximum absolute atomic E-state index is 5.67. The summed E-state index contributed by atoms with van der Waals surface area (Å²) in [6.45, 7) is 0.587. The molecule has 88 valence electrons. The van der Waals surface area contributed by atoms with Gasteiger partial charge in [0.25, 0.3) is 0 Å². The lowest BCUT2D eigenvalue weighted by molar-refractivity contribution is 0.305. The molecule has 0 bridgehead atoms. The summed E-state index contributed by atoms with van der Waals surface area (Å²) in [6, 6.07) is 15.9. The van der Waals surface area contributed by atoms with Crippen molar-refractivity contribution >= 4 is 22.6 Å². The first-order valence-electron chi connectivity index (χ1n) is 5.29. The van der Waals surface area contributed by atoms with Crippen LogP contribution in [0.2, 0.25) is 0 Å². The first kappa shape index (κ1) is 12.2. The molecule has 2 nitrogen and oxygen atoms in total. The Kier molecular flexibility index (Phi) is 4.25. The largest absolute Gasteiger partial charge is 0.497 e. The molecule has 2 rings (SSSR count). The van der Waals surface area contributed by atoms with Crippen molar-refractivity contribution in [2.45, 2.75) is 6.61 Å². The molecule has 0 unspecified atom stereocenters. The number of benzene rings is 2. The lowest BCUT2D eigenvalue weighted by Gasteiger charge is -2.07. The molecule has 0 saturated heterocycles. The zero-order valence-electron chi connectivity index (χ0n) is 9.52. The third kappa shape index (κ3) is 3.63. The second-order valence-electron chi connectivity index (χ2n) is 3.59. The molecule has 0 amide bonds. The normalized spacial score (nSPS) is 10.0. The fourth-order valence-electron chi connectivity index (χ4n) is 1.42. The van der Waals surface area contributed by atoms with Crippen molar-refractivity contribution in [1.82, 2.24) is 0 Å². The fraction of sp³-hybridized carbons (Fsp3) is 0.143. The summed E-state index contributed by atoms with van der Waals surface area (Å²) in [6.07, 6.45) is 0. The molecule has 0 heterocycles. The van der Waals surface area contributed by atoms with E-state index in [0.717, 1.165) is 11.5 Å². The Balaban J connectivity index is 1.95. The highest BCUT2D eigenvalue weighted by Gasteiger charge is 1.97. The van der Waals surface area contributed by atoms with E-state index in [-0.39, 0.29) is 0 Å². The Morgan fingerprint density at radius 2 is 1.47 bits per heavy atom. The predicted molar refractivity (Wildman–Crippen MR) is 76.5 cm³/mol. The van der Waals surface area contributed by atoms with Gasteiger partial charge < -0.3 is 9.47 Å². The van der Waals surface area contributed by atoms with Gasteiger partial charge in [-0.3, -0.25) is 0 Å². The molecule has 0 N–H and O–H groups in total. The van der Waals surface area contributed by atoms with Gasteiger partial charge in [0.2, 0.25) is 0 Å². The highest BCUT2D eigenvalue weighted by Crippen LogP contribution is 2.18. The van der Waals surface area contributed by atoms with E-state index in [2.05, 4.69) is 46.9 Å². The van der Waals surface area contributed by atoms with Gasteiger partial charge in [-0.1, -0.05) is 12.1 Å². The Morgan fingerprint density at radius 3 is 2.06 bits per heavy atom. The molecule has 0 fully saturated rings. The minimum atomic E-state index is 0.587. The fourth-order valence-corrected chi connectivity index (χ4v) is 1.78. The van der Waals surface area contributed by atoms with Gasteiger partial charge in [-0.25, -0.2) is 0 Å². The van der Waals surface area contributed by atoms with Gasteiger partial charge in [0.05, 0.1) is 7.11 Å². The molecule has 2 aromatic rings. The quantitative estimate of drug-likeness (QED) is 0.788. The Morgan fingerprint density at radius 1 is 0.882 bits per heavy atom. The summed E-state index contributed by atoms with van der Waals surface area (Å²) in [4.78, 5) is 0. The Bertz CT molecular complexity index is 463. The molecule has 0 aliphatic rings. The van der Waals surface area contributed by atoms with Gasteiger partial charge >= 0.3 is 0 Å². The zero-order chi connectivity index (χ0) is 12.1. The maximum Gasteiger partial charge on any atom is 0.120 e. The van der Waals surface area contributed by atoms with E-state index in [4.69, 9.17) is 9.47 Å². The van der Waals surface area contributed by atoms with Crippen molar-refractivity contribution in [2.24, 2.45) is 0 Å². The van der Waals surface area contributed by atoms with Crippen molar-refractivity contribution in [1.29, 1.82) is 0 Å². The number of hydrogen-bond acceptors (Lipinski definition) is 2. The third-order valence-corrected chi connectivity index (χ3v) is 3.10. The van der Waals surface area contributed by atoms with E-state index in [1.807, 2.05) is 24.3 Å². The number of methoxy groups -OCH3 is 1. The summed E-state index contributed by atoms with van der Waals surface area (Å²) in [7, 11) is 1.65. The smallest absolute Gasteiger partial charge is 0.120 e. The predicted octanol–water partition coefficient (Wildman–Crippen LogP) is 3.88. The summed E-state index contributed by atoms with van der Waals surface area (Å²) in [5.74, 6) is 1.69. The summed E-state index contributed by atoms with van der Waals surface area (Å²) >= 11 is 2.29. The van der Waals surface area contributed by atoms with Crippen molar-refractivity contribution < 1.29 is 9.47 Å². The average Bonchev–Trinajstić information content (AvgIpc) is 2.39. The van der Waals surface area contributed by atoms with Crippen LogP contribution in [0.5, 0.6) is 11.5 Å². The monoisotopic (exact) mass is 338 g/mol. The van der Waals surface area contributed by atoms with Gasteiger partial charge in [-0.15, -0.1) is 0 Å². The van der Waals surface area contributed by atoms with Gasteiger partial charge in [0.1, 0.15) is 18.1 Å². The second kappa shape index (κ2) is 5.91. The summed E-state index contributed by atoms with van der Waals surface area (Å²) < 4.78 is 12.0. The Labute approximate surface area is 115 Å². The molecule has 3 heteroatoms. The van der Waals surface area contributed by atoms with Crippen molar-refractivity contribution in [3.8, 4) is 11.5 Å². The van der Waals surface area contributed by atoms with Crippen LogP contribution in [0.15, 0.2) is 48.5 Å². The van der Waals surface area contributed by atoms with Crippen molar-refractivity contribution in [3.63, 3.8) is 0 Å². The zero-order valence-corrected chi connectivity index (χ0v) is 11.7. The Hall–Kier alpha value is -1.23. The van der Waals surface area contributed by atoms with Gasteiger partial charge in [-0.2, -0.15) is 0 Å². The second-order valence-corrected chi connectivity index (χ2v) is 4.84. The molecule has 0 saturated carbocycles. The van der Waals surface area contributed by atoms with Crippen LogP contribution in [0.1, 0.15) is 5.56 Å². The van der Waals surface area contributed by atoms with E-state index < -0.39 is 0 Å². The SMILES string of the molecule is COc1ccc(OCc2ccc([125I])cc2)cc1.